The third-order valence-corrected chi connectivity index (χ3v) is 3.07. The first kappa shape index (κ1) is 14.9. The average molecular weight is 288 g/mol. The lowest BCUT2D eigenvalue weighted by Crippen LogP contribution is -2.29. The molecule has 1 heterocycles. The van der Waals surface area contributed by atoms with Crippen LogP contribution in [0.15, 0.2) is 36.7 Å². The van der Waals surface area contributed by atoms with Gasteiger partial charge in [0.2, 0.25) is 5.91 Å². The molecule has 0 aliphatic rings. The van der Waals surface area contributed by atoms with Crippen LogP contribution in [0.1, 0.15) is 31.6 Å². The molecule has 1 atom stereocenters. The zero-order valence-electron chi connectivity index (χ0n) is 12.0. The van der Waals surface area contributed by atoms with E-state index >= 15 is 0 Å². The van der Waals surface area contributed by atoms with Crippen LogP contribution in [0.4, 0.5) is 5.69 Å². The number of H-pyrrole nitrogens is 1. The van der Waals surface area contributed by atoms with Gasteiger partial charge in [0, 0.05) is 18.1 Å². The Kier molecular flexibility index (Phi) is 5.20. The van der Waals surface area contributed by atoms with E-state index in [1.807, 2.05) is 6.92 Å². The minimum absolute atomic E-state index is 0.0614. The van der Waals surface area contributed by atoms with Gasteiger partial charge in [-0.3, -0.25) is 4.79 Å². The summed E-state index contributed by atoms with van der Waals surface area (Å²) in [5, 5.41) is 2.93. The molecule has 6 nitrogen and oxygen atoms in total. The van der Waals surface area contributed by atoms with E-state index < -0.39 is 0 Å². The van der Waals surface area contributed by atoms with Crippen LogP contribution in [-0.2, 0) is 4.79 Å². The fraction of sp³-hybridized carbons (Fsp3) is 0.333. The molecular weight excluding hydrogens is 268 g/mol. The number of hydrogen-bond acceptors (Lipinski definition) is 4. The van der Waals surface area contributed by atoms with E-state index in [0.717, 1.165) is 12.2 Å². The number of carbonyl (C=O) groups excluding carboxylic acids is 1. The second-order valence-corrected chi connectivity index (χ2v) is 4.67. The molecule has 0 bridgehead atoms. The Balaban J connectivity index is 1.75. The van der Waals surface area contributed by atoms with Crippen LogP contribution in [0, 0.1) is 0 Å². The van der Waals surface area contributed by atoms with E-state index in [2.05, 4.69) is 15.3 Å². The topological polar surface area (TPSA) is 93.0 Å². The van der Waals surface area contributed by atoms with E-state index in [1.54, 1.807) is 36.7 Å². The van der Waals surface area contributed by atoms with Gasteiger partial charge in [-0.25, -0.2) is 4.98 Å². The first-order valence-corrected chi connectivity index (χ1v) is 6.96. The molecule has 0 radical (unpaired) electrons. The summed E-state index contributed by atoms with van der Waals surface area (Å²) in [6, 6.07) is 7.00. The van der Waals surface area contributed by atoms with Gasteiger partial charge in [-0.05, 0) is 30.7 Å². The number of nitrogens with one attached hydrogen (secondary N) is 2. The highest BCUT2D eigenvalue weighted by molar-refractivity contribution is 5.76. The number of nitrogen functional groups attached to an aromatic ring is 1. The molecule has 1 aromatic carbocycles. The van der Waals surface area contributed by atoms with E-state index in [-0.39, 0.29) is 11.9 Å². The normalized spacial score (nSPS) is 11.9. The van der Waals surface area contributed by atoms with Crippen molar-refractivity contribution in [3.8, 4) is 5.75 Å². The number of anilines is 1. The molecule has 21 heavy (non-hydrogen) atoms. The molecule has 0 fully saturated rings. The summed E-state index contributed by atoms with van der Waals surface area (Å²) in [5.74, 6) is 1.41. The minimum atomic E-state index is -0.0935. The van der Waals surface area contributed by atoms with Gasteiger partial charge in [-0.2, -0.15) is 0 Å². The van der Waals surface area contributed by atoms with Crippen molar-refractivity contribution in [2.45, 2.75) is 25.8 Å². The number of rotatable bonds is 7. The van der Waals surface area contributed by atoms with Gasteiger partial charge in [0.25, 0.3) is 0 Å². The maximum absolute atomic E-state index is 11.9. The number of ether oxygens (including phenoxy) is 1. The zero-order valence-corrected chi connectivity index (χ0v) is 12.0. The molecule has 0 saturated heterocycles. The van der Waals surface area contributed by atoms with E-state index in [9.17, 15) is 4.79 Å². The van der Waals surface area contributed by atoms with Crippen LogP contribution in [0.2, 0.25) is 0 Å². The maximum atomic E-state index is 11.9. The fourth-order valence-electron chi connectivity index (χ4n) is 1.92. The highest BCUT2D eigenvalue weighted by atomic mass is 16.5. The van der Waals surface area contributed by atoms with Crippen LogP contribution >= 0.6 is 0 Å². The third kappa shape index (κ3) is 4.52. The molecule has 0 spiro atoms. The second-order valence-electron chi connectivity index (χ2n) is 4.67. The van der Waals surface area contributed by atoms with Crippen LogP contribution in [0.25, 0.3) is 0 Å². The van der Waals surface area contributed by atoms with Crippen molar-refractivity contribution in [2.24, 2.45) is 0 Å². The number of carbonyl (C=O) groups is 1. The summed E-state index contributed by atoms with van der Waals surface area (Å²) in [4.78, 5) is 19.1. The lowest BCUT2D eigenvalue weighted by Gasteiger charge is -2.14. The lowest BCUT2D eigenvalue weighted by molar-refractivity contribution is -0.122. The molecule has 0 aliphatic carbocycles. The Morgan fingerprint density at radius 1 is 1.43 bits per heavy atom. The average Bonchev–Trinajstić information content (AvgIpc) is 3.01. The van der Waals surface area contributed by atoms with Gasteiger partial charge >= 0.3 is 0 Å². The van der Waals surface area contributed by atoms with Gasteiger partial charge < -0.3 is 20.8 Å². The molecule has 0 saturated carbocycles. The molecule has 2 rings (SSSR count). The van der Waals surface area contributed by atoms with Crippen molar-refractivity contribution in [1.29, 1.82) is 0 Å². The summed E-state index contributed by atoms with van der Waals surface area (Å²) in [6.45, 7) is 2.32. The SMILES string of the molecule is CCC(NC(=O)CCOc1ccc(N)cc1)c1ncc[nH]1. The number of aromatic amines is 1. The summed E-state index contributed by atoms with van der Waals surface area (Å²) < 4.78 is 5.50. The summed E-state index contributed by atoms with van der Waals surface area (Å²) in [7, 11) is 0. The largest absolute Gasteiger partial charge is 0.493 e. The first-order valence-electron chi connectivity index (χ1n) is 6.96. The lowest BCUT2D eigenvalue weighted by atomic mass is 10.2. The fourth-order valence-corrected chi connectivity index (χ4v) is 1.92. The Morgan fingerprint density at radius 2 is 2.19 bits per heavy atom. The van der Waals surface area contributed by atoms with Crippen molar-refractivity contribution in [1.82, 2.24) is 15.3 Å². The van der Waals surface area contributed by atoms with Gasteiger partial charge in [-0.15, -0.1) is 0 Å². The van der Waals surface area contributed by atoms with E-state index in [4.69, 9.17) is 10.5 Å². The number of hydrogen-bond donors (Lipinski definition) is 3. The molecule has 112 valence electrons. The monoisotopic (exact) mass is 288 g/mol. The molecule has 6 heteroatoms. The van der Waals surface area contributed by atoms with Crippen molar-refractivity contribution < 1.29 is 9.53 Å². The highest BCUT2D eigenvalue weighted by Crippen LogP contribution is 2.14. The Bertz CT molecular complexity index is 552. The van der Waals surface area contributed by atoms with E-state index in [0.29, 0.717) is 24.5 Å². The Hall–Kier alpha value is -2.50. The molecule has 1 amide bonds. The summed E-state index contributed by atoms with van der Waals surface area (Å²) in [6.07, 6.45) is 4.49. The second kappa shape index (κ2) is 7.33. The summed E-state index contributed by atoms with van der Waals surface area (Å²) in [5.41, 5.74) is 6.28. The number of imidazole rings is 1. The molecule has 1 aromatic heterocycles. The molecule has 2 aromatic rings. The number of aromatic nitrogens is 2. The van der Waals surface area contributed by atoms with Gasteiger partial charge in [0.05, 0.1) is 19.1 Å². The van der Waals surface area contributed by atoms with Crippen LogP contribution in [0.3, 0.4) is 0 Å². The first-order chi connectivity index (χ1) is 10.2. The van der Waals surface area contributed by atoms with Crippen molar-refractivity contribution in [3.05, 3.63) is 42.5 Å². The Morgan fingerprint density at radius 3 is 2.81 bits per heavy atom. The number of benzene rings is 1. The minimum Gasteiger partial charge on any atom is -0.493 e. The van der Waals surface area contributed by atoms with Gasteiger partial charge in [-0.1, -0.05) is 6.92 Å². The summed E-state index contributed by atoms with van der Waals surface area (Å²) >= 11 is 0. The predicted molar refractivity (Wildman–Crippen MR) is 80.7 cm³/mol. The quantitative estimate of drug-likeness (QED) is 0.680. The molecule has 1 unspecified atom stereocenters. The Labute approximate surface area is 123 Å². The van der Waals surface area contributed by atoms with E-state index in [1.165, 1.54) is 0 Å². The molecular formula is C15H20N4O2. The van der Waals surface area contributed by atoms with Crippen LogP contribution < -0.4 is 15.8 Å². The van der Waals surface area contributed by atoms with Crippen LogP contribution in [0.5, 0.6) is 5.75 Å². The van der Waals surface area contributed by atoms with Crippen molar-refractivity contribution in [3.63, 3.8) is 0 Å². The van der Waals surface area contributed by atoms with Crippen molar-refractivity contribution >= 4 is 11.6 Å². The standard InChI is InChI=1S/C15H20N4O2/c1-2-13(15-17-8-9-18-15)19-14(20)7-10-21-12-5-3-11(16)4-6-12/h3-6,8-9,13H,2,7,10,16H2,1H3,(H,17,18)(H,19,20). The number of nitrogens with two attached hydrogens (primary N) is 1. The molecule has 4 N–H and O–H groups in total. The predicted octanol–water partition coefficient (Wildman–Crippen LogP) is 2.03. The third-order valence-electron chi connectivity index (χ3n) is 3.07. The van der Waals surface area contributed by atoms with Crippen LogP contribution in [-0.4, -0.2) is 22.5 Å². The maximum Gasteiger partial charge on any atom is 0.224 e. The van der Waals surface area contributed by atoms with Crippen molar-refractivity contribution in [2.75, 3.05) is 12.3 Å². The van der Waals surface area contributed by atoms with Gasteiger partial charge in [0.15, 0.2) is 0 Å². The smallest absolute Gasteiger partial charge is 0.224 e. The highest BCUT2D eigenvalue weighted by Gasteiger charge is 2.14. The van der Waals surface area contributed by atoms with Gasteiger partial charge in [0.1, 0.15) is 11.6 Å². The number of nitrogens with zero attached hydrogens (tertiary/aromatic N) is 1. The number of amides is 1. The zero-order chi connectivity index (χ0) is 15.1. The molecule has 0 aliphatic heterocycles.